The van der Waals surface area contributed by atoms with Crippen LogP contribution >= 0.6 is 0 Å². The first-order chi connectivity index (χ1) is 15.4. The van der Waals surface area contributed by atoms with E-state index in [9.17, 15) is 4.79 Å². The van der Waals surface area contributed by atoms with Crippen LogP contribution in [0.5, 0.6) is 0 Å². The van der Waals surface area contributed by atoms with Crippen LogP contribution in [0.3, 0.4) is 0 Å². The van der Waals surface area contributed by atoms with Crippen molar-refractivity contribution >= 4 is 11.6 Å². The molecule has 1 saturated carbocycles. The summed E-state index contributed by atoms with van der Waals surface area (Å²) in [6, 6.07) is 16.3. The number of fused-ring (bicyclic) bond motifs is 1. The molecule has 2 saturated heterocycles. The van der Waals surface area contributed by atoms with E-state index in [1.807, 2.05) is 0 Å². The van der Waals surface area contributed by atoms with Gasteiger partial charge in [0.05, 0.1) is 18.6 Å². The summed E-state index contributed by atoms with van der Waals surface area (Å²) in [5, 5.41) is 3.29. The number of carbonyl (C=O) groups is 1. The number of amides is 1. The molecule has 4 heteroatoms. The monoisotopic (exact) mass is 432 g/mol. The van der Waals surface area contributed by atoms with Crippen molar-refractivity contribution in [1.29, 1.82) is 0 Å². The zero-order chi connectivity index (χ0) is 22.5. The highest BCUT2D eigenvalue weighted by Crippen LogP contribution is 2.58. The lowest BCUT2D eigenvalue weighted by molar-refractivity contribution is -0.129. The van der Waals surface area contributed by atoms with E-state index in [1.165, 1.54) is 27.9 Å². The van der Waals surface area contributed by atoms with Gasteiger partial charge < -0.3 is 15.0 Å². The number of benzene rings is 2. The molecule has 32 heavy (non-hydrogen) atoms. The fraction of sp³-hybridized carbons (Fsp3) is 0.536. The van der Waals surface area contributed by atoms with E-state index < -0.39 is 0 Å². The van der Waals surface area contributed by atoms with Gasteiger partial charge in [-0.15, -0.1) is 0 Å². The van der Waals surface area contributed by atoms with Crippen LogP contribution in [0.15, 0.2) is 42.5 Å². The summed E-state index contributed by atoms with van der Waals surface area (Å²) in [4.78, 5) is 15.4. The smallest absolute Gasteiger partial charge is 0.226 e. The van der Waals surface area contributed by atoms with E-state index in [2.05, 4.69) is 80.4 Å². The Morgan fingerprint density at radius 3 is 2.47 bits per heavy atom. The van der Waals surface area contributed by atoms with Gasteiger partial charge >= 0.3 is 0 Å². The third kappa shape index (κ3) is 3.53. The van der Waals surface area contributed by atoms with Crippen molar-refractivity contribution in [3.8, 4) is 0 Å². The van der Waals surface area contributed by atoms with Gasteiger partial charge in [0.1, 0.15) is 0 Å². The van der Waals surface area contributed by atoms with Crippen molar-refractivity contribution < 1.29 is 9.53 Å². The van der Waals surface area contributed by atoms with Crippen molar-refractivity contribution in [3.63, 3.8) is 0 Å². The van der Waals surface area contributed by atoms with E-state index in [0.717, 1.165) is 39.1 Å². The molecule has 2 heterocycles. The Morgan fingerprint density at radius 2 is 1.78 bits per heavy atom. The molecule has 2 aromatic rings. The van der Waals surface area contributed by atoms with Gasteiger partial charge in [0, 0.05) is 30.7 Å². The maximum absolute atomic E-state index is 13.0. The Hall–Kier alpha value is -2.33. The first-order valence-electron chi connectivity index (χ1n) is 12.2. The predicted octanol–water partition coefficient (Wildman–Crippen LogP) is 4.94. The maximum Gasteiger partial charge on any atom is 0.226 e. The molecule has 170 valence electrons. The van der Waals surface area contributed by atoms with Crippen LogP contribution in [0, 0.1) is 25.2 Å². The van der Waals surface area contributed by atoms with Gasteiger partial charge in [-0.1, -0.05) is 42.8 Å². The van der Waals surface area contributed by atoms with Crippen LogP contribution in [0.25, 0.3) is 0 Å². The summed E-state index contributed by atoms with van der Waals surface area (Å²) in [6.07, 6.45) is 1.99. The number of hydrogen-bond donors (Lipinski definition) is 1. The van der Waals surface area contributed by atoms with E-state index in [0.29, 0.717) is 17.8 Å². The number of rotatable bonds is 3. The lowest BCUT2D eigenvalue weighted by Crippen LogP contribution is -2.42. The zero-order valence-electron chi connectivity index (χ0n) is 19.9. The van der Waals surface area contributed by atoms with Gasteiger partial charge in [0.2, 0.25) is 5.91 Å². The number of nitrogens with one attached hydrogen (secondary N) is 1. The molecule has 3 aliphatic rings. The number of carbonyl (C=O) groups excluding carboxylic acids is 1. The maximum atomic E-state index is 13.0. The SMILES string of the molecule is Cc1ccc([C@@H]2[C@@H]3[C@@H](C)NC(=O)[C@]3(C)CC[C@H]2c2ccc(N3CCOCC3)cc2C)cc1. The number of hydrogen-bond acceptors (Lipinski definition) is 3. The lowest BCUT2D eigenvalue weighted by Gasteiger charge is -2.46. The van der Waals surface area contributed by atoms with Crippen LogP contribution in [0.4, 0.5) is 5.69 Å². The molecule has 1 aliphatic carbocycles. The third-order valence-corrected chi connectivity index (χ3v) is 8.44. The lowest BCUT2D eigenvalue weighted by atomic mass is 9.55. The Kier molecular flexibility index (Phi) is 5.53. The van der Waals surface area contributed by atoms with Crippen LogP contribution in [0.1, 0.15) is 60.8 Å². The van der Waals surface area contributed by atoms with Gasteiger partial charge in [0.15, 0.2) is 0 Å². The summed E-state index contributed by atoms with van der Waals surface area (Å²) >= 11 is 0. The summed E-state index contributed by atoms with van der Waals surface area (Å²) < 4.78 is 5.53. The molecule has 0 aromatic heterocycles. The quantitative estimate of drug-likeness (QED) is 0.747. The average Bonchev–Trinajstić information content (AvgIpc) is 3.03. The second-order valence-electron chi connectivity index (χ2n) is 10.4. The first kappa shape index (κ1) is 21.5. The van der Waals surface area contributed by atoms with Gasteiger partial charge in [0.25, 0.3) is 0 Å². The molecule has 1 amide bonds. The molecule has 5 atom stereocenters. The zero-order valence-corrected chi connectivity index (χ0v) is 19.9. The van der Waals surface area contributed by atoms with Gasteiger partial charge in [-0.25, -0.2) is 0 Å². The van der Waals surface area contributed by atoms with E-state index in [4.69, 9.17) is 4.74 Å². The molecule has 4 nitrogen and oxygen atoms in total. The highest BCUT2D eigenvalue weighted by atomic mass is 16.5. The fourth-order valence-electron chi connectivity index (χ4n) is 6.71. The Bertz CT molecular complexity index is 995. The number of morpholine rings is 1. The minimum Gasteiger partial charge on any atom is -0.378 e. The molecule has 1 N–H and O–H groups in total. The van der Waals surface area contributed by atoms with Gasteiger partial charge in [-0.3, -0.25) is 4.79 Å². The van der Waals surface area contributed by atoms with Gasteiger partial charge in [-0.05, 0) is 74.3 Å². The Morgan fingerprint density at radius 1 is 1.06 bits per heavy atom. The topological polar surface area (TPSA) is 41.6 Å². The van der Waals surface area contributed by atoms with E-state index in [1.54, 1.807) is 0 Å². The molecule has 0 radical (unpaired) electrons. The van der Waals surface area contributed by atoms with Crippen LogP contribution in [0.2, 0.25) is 0 Å². The van der Waals surface area contributed by atoms with E-state index >= 15 is 0 Å². The number of aryl methyl sites for hydroxylation is 2. The highest BCUT2D eigenvalue weighted by molar-refractivity contribution is 5.86. The third-order valence-electron chi connectivity index (χ3n) is 8.44. The van der Waals surface area contributed by atoms with Crippen LogP contribution < -0.4 is 10.2 Å². The second kappa shape index (κ2) is 8.22. The molecule has 0 bridgehead atoms. The second-order valence-corrected chi connectivity index (χ2v) is 10.4. The Balaban J connectivity index is 1.55. The van der Waals surface area contributed by atoms with Crippen molar-refractivity contribution in [2.45, 2.75) is 58.4 Å². The van der Waals surface area contributed by atoms with Crippen LogP contribution in [-0.2, 0) is 9.53 Å². The minimum absolute atomic E-state index is 0.189. The van der Waals surface area contributed by atoms with Gasteiger partial charge in [-0.2, -0.15) is 0 Å². The largest absolute Gasteiger partial charge is 0.378 e. The molecule has 3 fully saturated rings. The molecule has 5 rings (SSSR count). The predicted molar refractivity (Wildman–Crippen MR) is 129 cm³/mol. The molecular formula is C28H36N2O2. The number of nitrogens with zero attached hydrogens (tertiary/aromatic N) is 1. The molecule has 0 spiro atoms. The number of ether oxygens (including phenoxy) is 1. The Labute approximate surface area is 192 Å². The standard InChI is InChI=1S/C28H36N2O2/c1-18-5-7-21(8-6-18)25-24(11-12-28(4)26(25)20(3)29-27(28)31)23-10-9-22(17-19(23)2)30-13-15-32-16-14-30/h5-10,17,20,24-26H,11-16H2,1-4H3,(H,29,31)/t20-,24+,25+,26+,28-/m1/s1. The minimum atomic E-state index is -0.285. The molecule has 2 aromatic carbocycles. The van der Waals surface area contributed by atoms with Crippen molar-refractivity contribution in [2.24, 2.45) is 11.3 Å². The fourth-order valence-corrected chi connectivity index (χ4v) is 6.71. The summed E-state index contributed by atoms with van der Waals surface area (Å²) in [5.41, 5.74) is 6.48. The normalized spacial score (nSPS) is 32.5. The summed E-state index contributed by atoms with van der Waals surface area (Å²) in [6.45, 7) is 12.3. The van der Waals surface area contributed by atoms with Crippen molar-refractivity contribution in [2.75, 3.05) is 31.2 Å². The number of anilines is 1. The van der Waals surface area contributed by atoms with E-state index in [-0.39, 0.29) is 17.4 Å². The van der Waals surface area contributed by atoms with Crippen molar-refractivity contribution in [1.82, 2.24) is 5.32 Å². The first-order valence-corrected chi connectivity index (χ1v) is 12.2. The van der Waals surface area contributed by atoms with Crippen LogP contribution in [-0.4, -0.2) is 38.3 Å². The molecule has 2 aliphatic heterocycles. The summed E-state index contributed by atoms with van der Waals surface area (Å²) in [5.74, 6) is 1.29. The molecular weight excluding hydrogens is 396 g/mol. The highest BCUT2D eigenvalue weighted by Gasteiger charge is 2.57. The average molecular weight is 433 g/mol. The molecule has 0 unspecified atom stereocenters. The van der Waals surface area contributed by atoms with Crippen molar-refractivity contribution in [3.05, 3.63) is 64.7 Å². The summed E-state index contributed by atoms with van der Waals surface area (Å²) in [7, 11) is 0.